The van der Waals surface area contributed by atoms with Crippen LogP contribution < -0.4 is 5.32 Å². The van der Waals surface area contributed by atoms with Crippen LogP contribution in [0.2, 0.25) is 0 Å². The van der Waals surface area contributed by atoms with Gasteiger partial charge in [0.25, 0.3) is 0 Å². The fourth-order valence-electron chi connectivity index (χ4n) is 1.15. The van der Waals surface area contributed by atoms with Gasteiger partial charge >= 0.3 is 0 Å². The second kappa shape index (κ2) is 6.66. The van der Waals surface area contributed by atoms with Crippen molar-refractivity contribution in [1.82, 2.24) is 5.32 Å². The van der Waals surface area contributed by atoms with E-state index in [0.29, 0.717) is 6.04 Å². The average Bonchev–Trinajstić information content (AvgIpc) is 1.87. The summed E-state index contributed by atoms with van der Waals surface area (Å²) in [5.74, 6) is 0.830. The summed E-state index contributed by atoms with van der Waals surface area (Å²) >= 11 is 0. The van der Waals surface area contributed by atoms with Crippen LogP contribution in [0.5, 0.6) is 0 Å². The summed E-state index contributed by atoms with van der Waals surface area (Å²) in [6.07, 6.45) is 3.89. The van der Waals surface area contributed by atoms with Crippen LogP contribution in [0.1, 0.15) is 47.0 Å². The van der Waals surface area contributed by atoms with Crippen molar-refractivity contribution in [3.63, 3.8) is 0 Å². The molecule has 68 valence electrons. The van der Waals surface area contributed by atoms with Gasteiger partial charge in [0.1, 0.15) is 0 Å². The number of hydrogen-bond donors (Lipinski definition) is 1. The molecular formula is C10H23N. The minimum absolute atomic E-state index is 0.707. The van der Waals surface area contributed by atoms with Crippen LogP contribution in [0.15, 0.2) is 0 Å². The molecule has 0 fully saturated rings. The first-order valence-corrected chi connectivity index (χ1v) is 4.90. The number of nitrogens with one attached hydrogen (secondary N) is 1. The van der Waals surface area contributed by atoms with Gasteiger partial charge in [-0.15, -0.1) is 0 Å². The van der Waals surface area contributed by atoms with Gasteiger partial charge in [-0.1, -0.05) is 27.2 Å². The van der Waals surface area contributed by atoms with E-state index in [1.807, 2.05) is 0 Å². The molecule has 0 saturated heterocycles. The number of rotatable bonds is 6. The largest absolute Gasteiger partial charge is 0.314 e. The molecule has 0 bridgehead atoms. The van der Waals surface area contributed by atoms with Crippen molar-refractivity contribution >= 4 is 0 Å². The van der Waals surface area contributed by atoms with Crippen molar-refractivity contribution in [2.24, 2.45) is 5.92 Å². The smallest absolute Gasteiger partial charge is 0.00386 e. The molecule has 1 N–H and O–H groups in total. The van der Waals surface area contributed by atoms with Crippen LogP contribution in [-0.2, 0) is 0 Å². The summed E-state index contributed by atoms with van der Waals surface area (Å²) in [6, 6.07) is 0.707. The van der Waals surface area contributed by atoms with Crippen LogP contribution in [-0.4, -0.2) is 12.6 Å². The molecule has 0 rings (SSSR count). The van der Waals surface area contributed by atoms with E-state index >= 15 is 0 Å². The zero-order valence-electron chi connectivity index (χ0n) is 8.48. The molecule has 0 spiro atoms. The van der Waals surface area contributed by atoms with Gasteiger partial charge in [0, 0.05) is 6.04 Å². The van der Waals surface area contributed by atoms with E-state index in [9.17, 15) is 0 Å². The van der Waals surface area contributed by atoms with Gasteiger partial charge in [0.2, 0.25) is 0 Å². The highest BCUT2D eigenvalue weighted by molar-refractivity contribution is 4.59. The molecule has 11 heavy (non-hydrogen) atoms. The van der Waals surface area contributed by atoms with Gasteiger partial charge in [0.05, 0.1) is 0 Å². The summed E-state index contributed by atoms with van der Waals surface area (Å²) in [5, 5.41) is 3.51. The Morgan fingerprint density at radius 3 is 2.18 bits per heavy atom. The van der Waals surface area contributed by atoms with E-state index < -0.39 is 0 Å². The van der Waals surface area contributed by atoms with Crippen molar-refractivity contribution in [3.05, 3.63) is 0 Å². The first-order valence-electron chi connectivity index (χ1n) is 4.90. The molecule has 0 heterocycles. The molecule has 0 aliphatic rings. The van der Waals surface area contributed by atoms with E-state index in [2.05, 4.69) is 33.0 Å². The van der Waals surface area contributed by atoms with Gasteiger partial charge < -0.3 is 5.32 Å². The summed E-state index contributed by atoms with van der Waals surface area (Å²) < 4.78 is 0. The highest BCUT2D eigenvalue weighted by Crippen LogP contribution is 1.99. The molecule has 0 radical (unpaired) electrons. The maximum absolute atomic E-state index is 3.51. The second-order valence-electron chi connectivity index (χ2n) is 3.83. The Morgan fingerprint density at radius 1 is 1.09 bits per heavy atom. The molecule has 0 aromatic carbocycles. The Balaban J connectivity index is 3.10. The maximum Gasteiger partial charge on any atom is 0.00386 e. The van der Waals surface area contributed by atoms with Crippen LogP contribution in [0.25, 0.3) is 0 Å². The van der Waals surface area contributed by atoms with Crippen LogP contribution in [0.4, 0.5) is 0 Å². The minimum Gasteiger partial charge on any atom is -0.314 e. The van der Waals surface area contributed by atoms with Gasteiger partial charge in [-0.05, 0) is 32.2 Å². The van der Waals surface area contributed by atoms with Crippen molar-refractivity contribution in [2.75, 3.05) is 6.54 Å². The lowest BCUT2D eigenvalue weighted by Gasteiger charge is -2.13. The van der Waals surface area contributed by atoms with Gasteiger partial charge in [-0.3, -0.25) is 0 Å². The molecule has 0 saturated carbocycles. The third kappa shape index (κ3) is 7.86. The molecule has 0 aromatic rings. The third-order valence-electron chi connectivity index (χ3n) is 1.94. The van der Waals surface area contributed by atoms with Crippen molar-refractivity contribution in [2.45, 2.75) is 53.0 Å². The van der Waals surface area contributed by atoms with Crippen molar-refractivity contribution in [1.29, 1.82) is 0 Å². The molecular weight excluding hydrogens is 134 g/mol. The normalized spacial score (nSPS) is 13.9. The van der Waals surface area contributed by atoms with Crippen molar-refractivity contribution in [3.8, 4) is 0 Å². The fourth-order valence-corrected chi connectivity index (χ4v) is 1.15. The summed E-state index contributed by atoms with van der Waals surface area (Å²) in [7, 11) is 0. The highest BCUT2D eigenvalue weighted by Gasteiger charge is 1.99. The van der Waals surface area contributed by atoms with Gasteiger partial charge in [0.15, 0.2) is 0 Å². The lowest BCUT2D eigenvalue weighted by atomic mass is 10.1. The topological polar surface area (TPSA) is 12.0 Å². The summed E-state index contributed by atoms with van der Waals surface area (Å²) in [4.78, 5) is 0. The Kier molecular flexibility index (Phi) is 6.63. The number of hydrogen-bond acceptors (Lipinski definition) is 1. The quantitative estimate of drug-likeness (QED) is 0.625. The monoisotopic (exact) mass is 157 g/mol. The average molecular weight is 157 g/mol. The van der Waals surface area contributed by atoms with Crippen LogP contribution >= 0.6 is 0 Å². The molecule has 0 amide bonds. The van der Waals surface area contributed by atoms with Gasteiger partial charge in [-0.25, -0.2) is 0 Å². The zero-order valence-corrected chi connectivity index (χ0v) is 8.48. The molecule has 1 atom stereocenters. The van der Waals surface area contributed by atoms with E-state index in [-0.39, 0.29) is 0 Å². The molecule has 0 aromatic heterocycles. The molecule has 1 nitrogen and oxygen atoms in total. The summed E-state index contributed by atoms with van der Waals surface area (Å²) in [6.45, 7) is 10.2. The minimum atomic E-state index is 0.707. The SMILES string of the molecule is CCCC(C)NCCC(C)C. The van der Waals surface area contributed by atoms with E-state index in [0.717, 1.165) is 5.92 Å². The van der Waals surface area contributed by atoms with Gasteiger partial charge in [-0.2, -0.15) is 0 Å². The predicted octanol–water partition coefficient (Wildman–Crippen LogP) is 2.81. The molecule has 0 aliphatic heterocycles. The lowest BCUT2D eigenvalue weighted by Crippen LogP contribution is -2.27. The lowest BCUT2D eigenvalue weighted by molar-refractivity contribution is 0.466. The van der Waals surface area contributed by atoms with Crippen LogP contribution in [0, 0.1) is 5.92 Å². The van der Waals surface area contributed by atoms with E-state index in [4.69, 9.17) is 0 Å². The molecule has 1 heteroatoms. The fraction of sp³-hybridized carbons (Fsp3) is 1.00. The Bertz CT molecular complexity index is 78.9. The van der Waals surface area contributed by atoms with E-state index in [1.165, 1.54) is 25.8 Å². The maximum atomic E-state index is 3.51. The highest BCUT2D eigenvalue weighted by atomic mass is 14.9. The Labute approximate surface area is 71.6 Å². The van der Waals surface area contributed by atoms with E-state index in [1.54, 1.807) is 0 Å². The Hall–Kier alpha value is -0.0400. The van der Waals surface area contributed by atoms with Crippen LogP contribution in [0.3, 0.4) is 0 Å². The molecule has 1 unspecified atom stereocenters. The molecule has 0 aliphatic carbocycles. The first kappa shape index (κ1) is 11.0. The summed E-state index contributed by atoms with van der Waals surface area (Å²) in [5.41, 5.74) is 0. The predicted molar refractivity (Wildman–Crippen MR) is 51.8 cm³/mol. The Morgan fingerprint density at radius 2 is 1.73 bits per heavy atom. The van der Waals surface area contributed by atoms with Crippen molar-refractivity contribution < 1.29 is 0 Å². The third-order valence-corrected chi connectivity index (χ3v) is 1.94. The zero-order chi connectivity index (χ0) is 8.69. The second-order valence-corrected chi connectivity index (χ2v) is 3.83. The first-order chi connectivity index (χ1) is 5.16. The standard InChI is InChI=1S/C10H23N/c1-5-6-10(4)11-8-7-9(2)3/h9-11H,5-8H2,1-4H3.